The lowest BCUT2D eigenvalue weighted by molar-refractivity contribution is 0.801. The van der Waals surface area contributed by atoms with Gasteiger partial charge in [-0.3, -0.25) is 0 Å². The van der Waals surface area contributed by atoms with E-state index in [1.165, 1.54) is 5.56 Å². The van der Waals surface area contributed by atoms with Crippen molar-refractivity contribution in [3.8, 4) is 0 Å². The number of hydrogen-bond donors (Lipinski definition) is 2. The van der Waals surface area contributed by atoms with Crippen molar-refractivity contribution in [1.29, 1.82) is 0 Å². The van der Waals surface area contributed by atoms with E-state index < -0.39 is 0 Å². The van der Waals surface area contributed by atoms with Crippen LogP contribution >= 0.6 is 24.0 Å². The third kappa shape index (κ3) is 2.39. The van der Waals surface area contributed by atoms with Crippen LogP contribution in [0.3, 0.4) is 0 Å². The first-order valence-corrected chi connectivity index (χ1v) is 4.33. The zero-order chi connectivity index (χ0) is 6.53. The molecule has 0 aliphatic rings. The zero-order valence-corrected chi connectivity index (χ0v) is 6.71. The van der Waals surface area contributed by atoms with Crippen molar-refractivity contribution in [2.24, 2.45) is 0 Å². The molecule has 0 aromatic carbocycles. The Bertz CT molecular complexity index is 148. The summed E-state index contributed by atoms with van der Waals surface area (Å²) in [6, 6.07) is 2.11. The van der Waals surface area contributed by atoms with Crippen LogP contribution in [-0.4, -0.2) is 5.88 Å². The minimum absolute atomic E-state index is 0.746. The largest absolute Gasteiger partial charge is 0.304 e. The van der Waals surface area contributed by atoms with Gasteiger partial charge in [-0.2, -0.15) is 24.0 Å². The number of hydrogen-bond acceptors (Lipinski definition) is 3. The van der Waals surface area contributed by atoms with E-state index in [2.05, 4.69) is 34.8 Å². The van der Waals surface area contributed by atoms with Gasteiger partial charge in [0.15, 0.2) is 0 Å². The van der Waals surface area contributed by atoms with Gasteiger partial charge >= 0.3 is 0 Å². The van der Waals surface area contributed by atoms with Gasteiger partial charge in [-0.1, -0.05) is 0 Å². The van der Waals surface area contributed by atoms with Crippen molar-refractivity contribution >= 4 is 24.0 Å². The smallest absolute Gasteiger partial charge is 0.0390 e. The second-order valence-electron chi connectivity index (χ2n) is 1.72. The maximum Gasteiger partial charge on any atom is 0.0390 e. The molecule has 1 N–H and O–H groups in total. The van der Waals surface area contributed by atoms with E-state index in [4.69, 9.17) is 0 Å². The summed E-state index contributed by atoms with van der Waals surface area (Å²) < 4.78 is 0. The molecule has 0 radical (unpaired) electrons. The summed E-state index contributed by atoms with van der Waals surface area (Å²) in [5, 5.41) is 7.34. The predicted molar refractivity (Wildman–Crippen MR) is 45.0 cm³/mol. The molecule has 1 aromatic rings. The van der Waals surface area contributed by atoms with Gasteiger partial charge in [0.25, 0.3) is 0 Å². The van der Waals surface area contributed by atoms with Crippen LogP contribution < -0.4 is 5.32 Å². The van der Waals surface area contributed by atoms with Gasteiger partial charge in [0.05, 0.1) is 0 Å². The topological polar surface area (TPSA) is 12.0 Å². The van der Waals surface area contributed by atoms with E-state index in [1.54, 1.807) is 11.3 Å². The van der Waals surface area contributed by atoms with Crippen molar-refractivity contribution in [3.63, 3.8) is 0 Å². The second kappa shape index (κ2) is 3.93. The van der Waals surface area contributed by atoms with Gasteiger partial charge in [-0.05, 0) is 22.4 Å². The maximum atomic E-state index is 4.02. The van der Waals surface area contributed by atoms with Crippen molar-refractivity contribution in [2.75, 3.05) is 5.88 Å². The fourth-order valence-electron chi connectivity index (χ4n) is 0.593. The molecule has 0 atom stereocenters. The van der Waals surface area contributed by atoms with Crippen LogP contribution in [-0.2, 0) is 6.54 Å². The number of rotatable bonds is 3. The molecule has 0 amide bonds. The highest BCUT2D eigenvalue weighted by Crippen LogP contribution is 2.04. The first-order chi connectivity index (χ1) is 4.43. The minimum Gasteiger partial charge on any atom is -0.304 e. The van der Waals surface area contributed by atoms with Gasteiger partial charge in [-0.15, -0.1) is 0 Å². The Hall–Kier alpha value is 0.01000. The van der Waals surface area contributed by atoms with E-state index in [1.807, 2.05) is 0 Å². The Balaban J connectivity index is 2.30. The normalized spacial score (nSPS) is 9.89. The third-order valence-corrected chi connectivity index (χ3v) is 1.98. The molecule has 0 fully saturated rings. The fourth-order valence-corrected chi connectivity index (χ4v) is 1.37. The number of nitrogens with one attached hydrogen (secondary N) is 1. The van der Waals surface area contributed by atoms with Crippen LogP contribution in [0.15, 0.2) is 16.8 Å². The van der Waals surface area contributed by atoms with E-state index in [0.29, 0.717) is 0 Å². The molecule has 1 aromatic heterocycles. The lowest BCUT2D eigenvalue weighted by Gasteiger charge is -1.94. The van der Waals surface area contributed by atoms with Gasteiger partial charge in [-0.25, -0.2) is 0 Å². The molecule has 0 spiro atoms. The molecule has 0 aliphatic heterocycles. The summed E-state index contributed by atoms with van der Waals surface area (Å²) in [7, 11) is 0. The van der Waals surface area contributed by atoms with Crippen LogP contribution in [0.5, 0.6) is 0 Å². The highest BCUT2D eigenvalue weighted by molar-refractivity contribution is 7.80. The monoisotopic (exact) mass is 159 g/mol. The van der Waals surface area contributed by atoms with Crippen LogP contribution in [0.2, 0.25) is 0 Å². The average molecular weight is 159 g/mol. The molecule has 0 bridgehead atoms. The molecule has 9 heavy (non-hydrogen) atoms. The lowest BCUT2D eigenvalue weighted by atomic mass is 10.3. The van der Waals surface area contributed by atoms with Crippen LogP contribution in [0.1, 0.15) is 5.56 Å². The van der Waals surface area contributed by atoms with E-state index in [0.717, 1.165) is 12.4 Å². The van der Waals surface area contributed by atoms with Crippen molar-refractivity contribution in [3.05, 3.63) is 22.4 Å². The van der Waals surface area contributed by atoms with Gasteiger partial charge in [0.2, 0.25) is 0 Å². The Kier molecular flexibility index (Phi) is 3.11. The van der Waals surface area contributed by atoms with E-state index >= 15 is 0 Å². The van der Waals surface area contributed by atoms with Crippen molar-refractivity contribution in [2.45, 2.75) is 6.54 Å². The average Bonchev–Trinajstić information content (AvgIpc) is 2.34. The summed E-state index contributed by atoms with van der Waals surface area (Å²) in [5.41, 5.74) is 1.34. The highest BCUT2D eigenvalue weighted by atomic mass is 32.1. The summed E-state index contributed by atoms with van der Waals surface area (Å²) in [4.78, 5) is 0. The molecule has 3 heteroatoms. The molecular weight excluding hydrogens is 150 g/mol. The fraction of sp³-hybridized carbons (Fsp3) is 0.333. The van der Waals surface area contributed by atoms with Crippen molar-refractivity contribution in [1.82, 2.24) is 5.32 Å². The van der Waals surface area contributed by atoms with Crippen LogP contribution in [0.25, 0.3) is 0 Å². The standard InChI is InChI=1S/C6H9NS2/c8-5-7-3-6-1-2-9-4-6/h1-2,4,7-8H,3,5H2. The third-order valence-electron chi connectivity index (χ3n) is 1.02. The second-order valence-corrected chi connectivity index (χ2v) is 2.81. The molecule has 0 unspecified atom stereocenters. The predicted octanol–water partition coefficient (Wildman–Crippen LogP) is 1.73. The minimum atomic E-state index is 0.746. The summed E-state index contributed by atoms with van der Waals surface area (Å²) in [5.74, 6) is 0.746. The Morgan fingerprint density at radius 1 is 1.67 bits per heavy atom. The Morgan fingerprint density at radius 2 is 2.56 bits per heavy atom. The molecule has 50 valence electrons. The number of thiol groups is 1. The Labute approximate surface area is 64.5 Å². The molecule has 1 rings (SSSR count). The zero-order valence-electron chi connectivity index (χ0n) is 5.00. The molecule has 0 saturated carbocycles. The first kappa shape index (κ1) is 7.12. The Morgan fingerprint density at radius 3 is 3.11 bits per heavy atom. The first-order valence-electron chi connectivity index (χ1n) is 2.76. The molecular formula is C6H9NS2. The van der Waals surface area contributed by atoms with E-state index in [-0.39, 0.29) is 0 Å². The SMILES string of the molecule is SCNCc1ccsc1. The van der Waals surface area contributed by atoms with Gasteiger partial charge in [0.1, 0.15) is 0 Å². The summed E-state index contributed by atoms with van der Waals surface area (Å²) in [6.07, 6.45) is 0. The highest BCUT2D eigenvalue weighted by Gasteiger charge is 1.87. The molecule has 0 aliphatic carbocycles. The maximum absolute atomic E-state index is 4.02. The van der Waals surface area contributed by atoms with Gasteiger partial charge in [0, 0.05) is 12.4 Å². The quantitative estimate of drug-likeness (QED) is 0.505. The van der Waals surface area contributed by atoms with Crippen LogP contribution in [0, 0.1) is 0 Å². The molecule has 1 heterocycles. The summed E-state index contributed by atoms with van der Waals surface area (Å²) >= 11 is 5.75. The molecule has 1 nitrogen and oxygen atoms in total. The molecule has 0 saturated heterocycles. The van der Waals surface area contributed by atoms with Crippen molar-refractivity contribution < 1.29 is 0 Å². The lowest BCUT2D eigenvalue weighted by Crippen LogP contribution is -2.08. The van der Waals surface area contributed by atoms with Crippen LogP contribution in [0.4, 0.5) is 0 Å². The summed E-state index contributed by atoms with van der Waals surface area (Å²) in [6.45, 7) is 0.937. The van der Waals surface area contributed by atoms with E-state index in [9.17, 15) is 0 Å². The number of thiophene rings is 1. The van der Waals surface area contributed by atoms with Gasteiger partial charge < -0.3 is 5.32 Å².